The van der Waals surface area contributed by atoms with Gasteiger partial charge in [-0.05, 0) is 31.1 Å². The molecule has 0 radical (unpaired) electrons. The van der Waals surface area contributed by atoms with E-state index in [1.807, 2.05) is 0 Å². The molecular weight excluding hydrogens is 258 g/mol. The van der Waals surface area contributed by atoms with Crippen LogP contribution in [0.25, 0.3) is 0 Å². The van der Waals surface area contributed by atoms with E-state index in [4.69, 9.17) is 4.74 Å². The number of hydrogen-bond donors (Lipinski definition) is 1. The van der Waals surface area contributed by atoms with E-state index in [2.05, 4.69) is 21.2 Å². The fraction of sp³-hybridized carbons (Fsp3) is 0.909. The van der Waals surface area contributed by atoms with E-state index in [0.29, 0.717) is 5.41 Å². The van der Waals surface area contributed by atoms with Gasteiger partial charge >= 0.3 is 0 Å². The summed E-state index contributed by atoms with van der Waals surface area (Å²) < 4.78 is 5.24. The lowest BCUT2D eigenvalue weighted by Gasteiger charge is -2.22. The van der Waals surface area contributed by atoms with E-state index < -0.39 is 0 Å². The van der Waals surface area contributed by atoms with Gasteiger partial charge in [-0.15, -0.1) is 0 Å². The second-order valence-corrected chi connectivity index (χ2v) is 5.30. The van der Waals surface area contributed by atoms with Crippen LogP contribution in [-0.4, -0.2) is 31.0 Å². The van der Waals surface area contributed by atoms with Crippen molar-refractivity contribution in [1.82, 2.24) is 5.32 Å². The van der Waals surface area contributed by atoms with Crippen LogP contribution in [0.2, 0.25) is 0 Å². The molecule has 2 fully saturated rings. The third kappa shape index (κ3) is 2.94. The van der Waals surface area contributed by atoms with E-state index in [1.54, 1.807) is 0 Å². The average Bonchev–Trinajstić information content (AvgIpc) is 3.08. The third-order valence-electron chi connectivity index (χ3n) is 3.47. The largest absolute Gasteiger partial charge is 0.381 e. The molecule has 2 aliphatic rings. The summed E-state index contributed by atoms with van der Waals surface area (Å²) in [6, 6.07) is 0. The summed E-state index contributed by atoms with van der Waals surface area (Å²) in [5.41, 5.74) is 0.376. The van der Waals surface area contributed by atoms with Gasteiger partial charge in [0.1, 0.15) is 0 Å². The van der Waals surface area contributed by atoms with Gasteiger partial charge in [0.2, 0.25) is 5.91 Å². The third-order valence-corrected chi connectivity index (χ3v) is 4.66. The van der Waals surface area contributed by atoms with Crippen molar-refractivity contribution in [3.63, 3.8) is 0 Å². The normalized spacial score (nSPS) is 24.9. The Morgan fingerprint density at radius 1 is 1.40 bits per heavy atom. The molecule has 0 bridgehead atoms. The molecule has 15 heavy (non-hydrogen) atoms. The van der Waals surface area contributed by atoms with Crippen LogP contribution in [0.4, 0.5) is 0 Å². The number of alkyl halides is 1. The number of rotatable bonds is 4. The zero-order valence-corrected chi connectivity index (χ0v) is 10.5. The molecule has 1 saturated carbocycles. The van der Waals surface area contributed by atoms with E-state index in [9.17, 15) is 4.79 Å². The number of amides is 1. The quantitative estimate of drug-likeness (QED) is 0.794. The molecular formula is C11H18BrNO2. The van der Waals surface area contributed by atoms with Crippen LogP contribution in [-0.2, 0) is 9.53 Å². The minimum Gasteiger partial charge on any atom is -0.381 e. The fourth-order valence-electron chi connectivity index (χ4n) is 1.91. The predicted molar refractivity (Wildman–Crippen MR) is 62.0 cm³/mol. The van der Waals surface area contributed by atoms with Crippen molar-refractivity contribution in [2.75, 3.05) is 25.1 Å². The average molecular weight is 276 g/mol. The number of carbonyl (C=O) groups is 1. The van der Waals surface area contributed by atoms with Crippen molar-refractivity contribution in [3.05, 3.63) is 0 Å². The van der Waals surface area contributed by atoms with Crippen molar-refractivity contribution < 1.29 is 9.53 Å². The minimum absolute atomic E-state index is 0.185. The van der Waals surface area contributed by atoms with Gasteiger partial charge < -0.3 is 10.1 Å². The summed E-state index contributed by atoms with van der Waals surface area (Å²) in [4.78, 5) is 11.8. The van der Waals surface area contributed by atoms with Crippen molar-refractivity contribution in [3.8, 4) is 0 Å². The molecule has 4 heteroatoms. The Bertz CT molecular complexity index is 235. The van der Waals surface area contributed by atoms with Crippen LogP contribution < -0.4 is 5.32 Å². The lowest BCUT2D eigenvalue weighted by Crippen LogP contribution is -2.37. The molecule has 1 heterocycles. The first-order chi connectivity index (χ1) is 7.26. The number of ether oxygens (including phenoxy) is 1. The summed E-state index contributed by atoms with van der Waals surface area (Å²) in [5, 5.41) is 4.09. The highest BCUT2D eigenvalue weighted by Gasteiger charge is 2.41. The summed E-state index contributed by atoms with van der Waals surface area (Å²) >= 11 is 3.51. The molecule has 1 amide bonds. The van der Waals surface area contributed by atoms with Crippen LogP contribution in [0.5, 0.6) is 0 Å². The summed E-state index contributed by atoms with van der Waals surface area (Å²) in [7, 11) is 0. The van der Waals surface area contributed by atoms with Crippen LogP contribution >= 0.6 is 15.9 Å². The monoisotopic (exact) mass is 275 g/mol. The van der Waals surface area contributed by atoms with Gasteiger partial charge in [-0.1, -0.05) is 15.9 Å². The molecule has 0 aromatic carbocycles. The first-order valence-corrected chi connectivity index (χ1v) is 6.79. The Balaban J connectivity index is 1.72. The van der Waals surface area contributed by atoms with Crippen LogP contribution in [0, 0.1) is 11.3 Å². The van der Waals surface area contributed by atoms with Gasteiger partial charge in [0.25, 0.3) is 0 Å². The zero-order valence-electron chi connectivity index (χ0n) is 8.93. The van der Waals surface area contributed by atoms with E-state index in [-0.39, 0.29) is 11.8 Å². The molecule has 1 N–H and O–H groups in total. The second-order valence-electron chi connectivity index (χ2n) is 4.74. The predicted octanol–water partition coefficient (Wildman–Crippen LogP) is 1.70. The standard InChI is InChI=1S/C11H18BrNO2/c12-7-11(3-4-11)8-13-10(14)9-1-5-15-6-2-9/h9H,1-8H2,(H,13,14). The highest BCUT2D eigenvalue weighted by atomic mass is 79.9. The first kappa shape index (κ1) is 11.4. The lowest BCUT2D eigenvalue weighted by atomic mass is 9.99. The molecule has 1 aliphatic heterocycles. The van der Waals surface area contributed by atoms with Crippen LogP contribution in [0.1, 0.15) is 25.7 Å². The van der Waals surface area contributed by atoms with Gasteiger partial charge in [-0.3, -0.25) is 4.79 Å². The topological polar surface area (TPSA) is 38.3 Å². The van der Waals surface area contributed by atoms with E-state index >= 15 is 0 Å². The number of nitrogens with one attached hydrogen (secondary N) is 1. The van der Waals surface area contributed by atoms with Crippen molar-refractivity contribution >= 4 is 21.8 Å². The molecule has 0 atom stereocenters. The van der Waals surface area contributed by atoms with Crippen molar-refractivity contribution in [2.45, 2.75) is 25.7 Å². The molecule has 2 rings (SSSR count). The maximum atomic E-state index is 11.8. The number of hydrogen-bond acceptors (Lipinski definition) is 2. The Hall–Kier alpha value is -0.0900. The Morgan fingerprint density at radius 2 is 2.07 bits per heavy atom. The highest BCUT2D eigenvalue weighted by molar-refractivity contribution is 9.09. The number of carbonyl (C=O) groups excluding carboxylic acids is 1. The van der Waals surface area contributed by atoms with Gasteiger partial charge in [-0.25, -0.2) is 0 Å². The minimum atomic E-state index is 0.185. The summed E-state index contributed by atoms with van der Waals surface area (Å²) in [6.07, 6.45) is 4.25. The Labute approximate surface area is 99.1 Å². The summed E-state index contributed by atoms with van der Waals surface area (Å²) in [6.45, 7) is 2.32. The smallest absolute Gasteiger partial charge is 0.223 e. The first-order valence-electron chi connectivity index (χ1n) is 5.67. The Morgan fingerprint density at radius 3 is 2.60 bits per heavy atom. The Kier molecular flexibility index (Phi) is 3.67. The van der Waals surface area contributed by atoms with Gasteiger partial charge in [0.15, 0.2) is 0 Å². The highest BCUT2D eigenvalue weighted by Crippen LogP contribution is 2.46. The van der Waals surface area contributed by atoms with Crippen LogP contribution in [0.3, 0.4) is 0 Å². The summed E-state index contributed by atoms with van der Waals surface area (Å²) in [5.74, 6) is 0.412. The SMILES string of the molecule is O=C(NCC1(CBr)CC1)C1CCOCC1. The fourth-order valence-corrected chi connectivity index (χ4v) is 2.67. The molecule has 3 nitrogen and oxygen atoms in total. The maximum Gasteiger partial charge on any atom is 0.223 e. The number of halogens is 1. The second kappa shape index (κ2) is 4.83. The van der Waals surface area contributed by atoms with Gasteiger partial charge in [0, 0.05) is 31.0 Å². The van der Waals surface area contributed by atoms with E-state index in [0.717, 1.165) is 37.9 Å². The van der Waals surface area contributed by atoms with Gasteiger partial charge in [0.05, 0.1) is 0 Å². The molecule has 0 aromatic rings. The van der Waals surface area contributed by atoms with Crippen molar-refractivity contribution in [1.29, 1.82) is 0 Å². The van der Waals surface area contributed by atoms with Crippen LogP contribution in [0.15, 0.2) is 0 Å². The van der Waals surface area contributed by atoms with E-state index in [1.165, 1.54) is 12.8 Å². The molecule has 0 unspecified atom stereocenters. The lowest BCUT2D eigenvalue weighted by molar-refractivity contribution is -0.128. The molecule has 0 aromatic heterocycles. The molecule has 1 aliphatic carbocycles. The molecule has 1 saturated heterocycles. The zero-order chi connectivity index (χ0) is 10.7. The maximum absolute atomic E-state index is 11.8. The molecule has 86 valence electrons. The van der Waals surface area contributed by atoms with Crippen molar-refractivity contribution in [2.24, 2.45) is 11.3 Å². The van der Waals surface area contributed by atoms with Gasteiger partial charge in [-0.2, -0.15) is 0 Å². The molecule has 0 spiro atoms.